The Morgan fingerprint density at radius 3 is 2.68 bits per heavy atom. The van der Waals surface area contributed by atoms with Crippen molar-refractivity contribution in [3.63, 3.8) is 0 Å². The Labute approximate surface area is 115 Å². The molecule has 1 saturated carbocycles. The summed E-state index contributed by atoms with van der Waals surface area (Å²) in [5.41, 5.74) is 3.72. The smallest absolute Gasteiger partial charge is 0.124 e. The second-order valence-corrected chi connectivity index (χ2v) is 5.28. The van der Waals surface area contributed by atoms with Gasteiger partial charge in [-0.3, -0.25) is 0 Å². The molecule has 0 amide bonds. The van der Waals surface area contributed by atoms with Crippen LogP contribution in [0.5, 0.6) is 0 Å². The SMILES string of the molecule is COCCCc1cc(CC=O)cc(CNC2CC2)c1. The Hall–Kier alpha value is -1.19. The maximum absolute atomic E-state index is 10.7. The lowest BCUT2D eigenvalue weighted by Gasteiger charge is -2.09. The van der Waals surface area contributed by atoms with E-state index in [4.69, 9.17) is 4.74 Å². The number of ether oxygens (including phenoxy) is 1. The van der Waals surface area contributed by atoms with Gasteiger partial charge >= 0.3 is 0 Å². The maximum atomic E-state index is 10.7. The van der Waals surface area contributed by atoms with Gasteiger partial charge in [-0.1, -0.05) is 18.2 Å². The highest BCUT2D eigenvalue weighted by atomic mass is 16.5. The quantitative estimate of drug-likeness (QED) is 0.547. The summed E-state index contributed by atoms with van der Waals surface area (Å²) in [7, 11) is 1.73. The van der Waals surface area contributed by atoms with Crippen molar-refractivity contribution in [1.82, 2.24) is 5.32 Å². The van der Waals surface area contributed by atoms with E-state index in [9.17, 15) is 4.79 Å². The number of carbonyl (C=O) groups excluding carboxylic acids is 1. The van der Waals surface area contributed by atoms with Crippen molar-refractivity contribution in [1.29, 1.82) is 0 Å². The van der Waals surface area contributed by atoms with E-state index >= 15 is 0 Å². The highest BCUT2D eigenvalue weighted by Crippen LogP contribution is 2.20. The Morgan fingerprint density at radius 2 is 2.00 bits per heavy atom. The zero-order valence-electron chi connectivity index (χ0n) is 11.7. The molecule has 0 radical (unpaired) electrons. The van der Waals surface area contributed by atoms with E-state index in [1.807, 2.05) is 0 Å². The van der Waals surface area contributed by atoms with Gasteiger partial charge in [0.1, 0.15) is 6.29 Å². The maximum Gasteiger partial charge on any atom is 0.124 e. The minimum absolute atomic E-state index is 0.508. The molecule has 1 aromatic carbocycles. The van der Waals surface area contributed by atoms with Crippen molar-refractivity contribution in [3.05, 3.63) is 34.9 Å². The molecule has 1 aromatic rings. The van der Waals surface area contributed by atoms with Crippen LogP contribution in [0.15, 0.2) is 18.2 Å². The third-order valence-electron chi connectivity index (χ3n) is 3.42. The fourth-order valence-electron chi connectivity index (χ4n) is 2.27. The summed E-state index contributed by atoms with van der Waals surface area (Å²) in [4.78, 5) is 10.7. The van der Waals surface area contributed by atoms with Crippen molar-refractivity contribution in [2.75, 3.05) is 13.7 Å². The van der Waals surface area contributed by atoms with Crippen LogP contribution in [0.3, 0.4) is 0 Å². The number of aldehydes is 1. The minimum atomic E-state index is 0.508. The number of nitrogens with one attached hydrogen (secondary N) is 1. The average molecular weight is 261 g/mol. The summed E-state index contributed by atoms with van der Waals surface area (Å²) >= 11 is 0. The molecule has 0 saturated heterocycles. The second-order valence-electron chi connectivity index (χ2n) is 5.28. The number of rotatable bonds is 9. The zero-order valence-corrected chi connectivity index (χ0v) is 11.7. The van der Waals surface area contributed by atoms with Crippen LogP contribution >= 0.6 is 0 Å². The predicted molar refractivity (Wildman–Crippen MR) is 76.3 cm³/mol. The molecule has 1 N–H and O–H groups in total. The van der Waals surface area contributed by atoms with Gasteiger partial charge in [-0.2, -0.15) is 0 Å². The Morgan fingerprint density at radius 1 is 1.26 bits per heavy atom. The monoisotopic (exact) mass is 261 g/mol. The number of hydrogen-bond acceptors (Lipinski definition) is 3. The minimum Gasteiger partial charge on any atom is -0.385 e. The summed E-state index contributed by atoms with van der Waals surface area (Å²) in [5, 5.41) is 3.52. The molecule has 0 aromatic heterocycles. The predicted octanol–water partition coefficient (Wildman–Crippen LogP) is 2.26. The van der Waals surface area contributed by atoms with Crippen molar-refractivity contribution in [3.8, 4) is 0 Å². The average Bonchev–Trinajstić information content (AvgIpc) is 3.21. The molecule has 0 unspecified atom stereocenters. The number of benzene rings is 1. The molecule has 0 spiro atoms. The topological polar surface area (TPSA) is 38.3 Å². The van der Waals surface area contributed by atoms with Crippen LogP contribution in [0.1, 0.15) is 36.0 Å². The van der Waals surface area contributed by atoms with Crippen LogP contribution in [0.4, 0.5) is 0 Å². The first-order chi connectivity index (χ1) is 9.31. The molecule has 0 aliphatic heterocycles. The normalized spacial score (nSPS) is 14.6. The van der Waals surface area contributed by atoms with Crippen molar-refractivity contribution >= 4 is 6.29 Å². The number of hydrogen-bond donors (Lipinski definition) is 1. The van der Waals surface area contributed by atoms with E-state index in [0.29, 0.717) is 12.5 Å². The molecule has 3 nitrogen and oxygen atoms in total. The van der Waals surface area contributed by atoms with Gasteiger partial charge < -0.3 is 14.8 Å². The van der Waals surface area contributed by atoms with Crippen LogP contribution in [-0.4, -0.2) is 26.0 Å². The standard InChI is InChI=1S/C16H23NO2/c1-19-8-2-3-13-9-14(6-7-18)11-15(10-13)12-17-16-4-5-16/h7,9-11,16-17H,2-6,8,12H2,1H3. The molecule has 104 valence electrons. The van der Waals surface area contributed by atoms with Crippen LogP contribution in [-0.2, 0) is 28.9 Å². The number of carbonyl (C=O) groups is 1. The molecular weight excluding hydrogens is 238 g/mol. The van der Waals surface area contributed by atoms with Gasteiger partial charge in [-0.15, -0.1) is 0 Å². The van der Waals surface area contributed by atoms with Crippen molar-refractivity contribution in [2.45, 2.75) is 44.7 Å². The van der Waals surface area contributed by atoms with Gasteiger partial charge in [0, 0.05) is 32.7 Å². The molecule has 1 aliphatic carbocycles. The van der Waals surface area contributed by atoms with Crippen LogP contribution in [0.2, 0.25) is 0 Å². The van der Waals surface area contributed by atoms with Crippen molar-refractivity contribution in [2.24, 2.45) is 0 Å². The van der Waals surface area contributed by atoms with E-state index in [2.05, 4.69) is 23.5 Å². The van der Waals surface area contributed by atoms with E-state index in [1.165, 1.54) is 24.0 Å². The van der Waals surface area contributed by atoms with Crippen molar-refractivity contribution < 1.29 is 9.53 Å². The molecule has 2 rings (SSSR count). The van der Waals surface area contributed by atoms with Gasteiger partial charge in [0.05, 0.1) is 0 Å². The van der Waals surface area contributed by atoms with Crippen LogP contribution in [0, 0.1) is 0 Å². The number of methoxy groups -OCH3 is 1. The summed E-state index contributed by atoms with van der Waals surface area (Å²) in [5.74, 6) is 0. The molecule has 0 atom stereocenters. The second kappa shape index (κ2) is 7.41. The van der Waals surface area contributed by atoms with Gasteiger partial charge in [0.15, 0.2) is 0 Å². The highest BCUT2D eigenvalue weighted by Gasteiger charge is 2.19. The molecule has 3 heteroatoms. The van der Waals surface area contributed by atoms with E-state index in [-0.39, 0.29) is 0 Å². The summed E-state index contributed by atoms with van der Waals surface area (Å²) in [6, 6.07) is 7.25. The third kappa shape index (κ3) is 5.13. The first-order valence-electron chi connectivity index (χ1n) is 7.09. The molecule has 0 heterocycles. The first kappa shape index (κ1) is 14.2. The zero-order chi connectivity index (χ0) is 13.5. The van der Waals surface area contributed by atoms with E-state index in [1.54, 1.807) is 7.11 Å². The Kier molecular flexibility index (Phi) is 5.55. The van der Waals surface area contributed by atoms with Gasteiger partial charge in [-0.25, -0.2) is 0 Å². The lowest BCUT2D eigenvalue weighted by molar-refractivity contribution is -0.107. The summed E-state index contributed by atoms with van der Waals surface area (Å²) in [6.45, 7) is 1.70. The Balaban J connectivity index is 1.99. The lowest BCUT2D eigenvalue weighted by Crippen LogP contribution is -2.15. The molecule has 0 bridgehead atoms. The van der Waals surface area contributed by atoms with Gasteiger partial charge in [0.25, 0.3) is 0 Å². The van der Waals surface area contributed by atoms with Gasteiger partial charge in [0.2, 0.25) is 0 Å². The van der Waals surface area contributed by atoms with Crippen LogP contribution < -0.4 is 5.32 Å². The molecular formula is C16H23NO2. The fourth-order valence-corrected chi connectivity index (χ4v) is 2.27. The third-order valence-corrected chi connectivity index (χ3v) is 3.42. The summed E-state index contributed by atoms with van der Waals surface area (Å²) in [6.07, 6.45) is 6.12. The summed E-state index contributed by atoms with van der Waals surface area (Å²) < 4.78 is 5.09. The van der Waals surface area contributed by atoms with Crippen LogP contribution in [0.25, 0.3) is 0 Å². The molecule has 1 aliphatic rings. The largest absolute Gasteiger partial charge is 0.385 e. The molecule has 19 heavy (non-hydrogen) atoms. The van der Waals surface area contributed by atoms with Gasteiger partial charge in [-0.05, 0) is 42.4 Å². The fraction of sp³-hybridized carbons (Fsp3) is 0.562. The highest BCUT2D eigenvalue weighted by molar-refractivity contribution is 5.55. The Bertz CT molecular complexity index is 413. The number of aryl methyl sites for hydroxylation is 1. The first-order valence-corrected chi connectivity index (χ1v) is 7.09. The van der Waals surface area contributed by atoms with E-state index in [0.717, 1.165) is 37.8 Å². The van der Waals surface area contributed by atoms with E-state index < -0.39 is 0 Å². The molecule has 1 fully saturated rings. The lowest BCUT2D eigenvalue weighted by atomic mass is 10.0.